The van der Waals surface area contributed by atoms with E-state index >= 15 is 0 Å². The summed E-state index contributed by atoms with van der Waals surface area (Å²) in [7, 11) is 1.57. The Labute approximate surface area is 112 Å². The Morgan fingerprint density at radius 2 is 1.79 bits per heavy atom. The zero-order valence-electron chi connectivity index (χ0n) is 10.9. The van der Waals surface area contributed by atoms with Crippen molar-refractivity contribution in [1.82, 2.24) is 0 Å². The van der Waals surface area contributed by atoms with Gasteiger partial charge in [0.1, 0.15) is 5.75 Å². The Morgan fingerprint density at radius 1 is 1.05 bits per heavy atom. The van der Waals surface area contributed by atoms with Crippen LogP contribution in [0.4, 0.5) is 16.2 Å². The molecule has 0 fully saturated rings. The molecule has 2 rings (SSSR count). The molecule has 0 aliphatic heterocycles. The van der Waals surface area contributed by atoms with Crippen molar-refractivity contribution in [2.75, 3.05) is 17.7 Å². The fourth-order valence-electron chi connectivity index (χ4n) is 1.73. The average molecular weight is 256 g/mol. The number of urea groups is 1. The fraction of sp³-hybridized carbons (Fsp3) is 0.133. The van der Waals surface area contributed by atoms with Gasteiger partial charge < -0.3 is 15.4 Å². The molecule has 2 amide bonds. The lowest BCUT2D eigenvalue weighted by molar-refractivity contribution is 0.262. The van der Waals surface area contributed by atoms with Gasteiger partial charge in [-0.3, -0.25) is 0 Å². The van der Waals surface area contributed by atoms with E-state index in [0.29, 0.717) is 11.4 Å². The Morgan fingerprint density at radius 3 is 2.47 bits per heavy atom. The maximum Gasteiger partial charge on any atom is 0.323 e. The number of anilines is 2. The summed E-state index contributed by atoms with van der Waals surface area (Å²) in [6.45, 7) is 1.96. The molecule has 4 nitrogen and oxygen atoms in total. The molecule has 2 N–H and O–H groups in total. The fourth-order valence-corrected chi connectivity index (χ4v) is 1.73. The van der Waals surface area contributed by atoms with Gasteiger partial charge in [0.2, 0.25) is 0 Å². The molecule has 0 atom stereocenters. The van der Waals surface area contributed by atoms with Crippen LogP contribution in [0.5, 0.6) is 5.75 Å². The van der Waals surface area contributed by atoms with Crippen LogP contribution in [0, 0.1) is 6.92 Å². The Bertz CT molecular complexity index is 568. The largest absolute Gasteiger partial charge is 0.495 e. The van der Waals surface area contributed by atoms with E-state index in [4.69, 9.17) is 4.74 Å². The quantitative estimate of drug-likeness (QED) is 0.880. The highest BCUT2D eigenvalue weighted by atomic mass is 16.5. The van der Waals surface area contributed by atoms with Crippen LogP contribution >= 0.6 is 0 Å². The molecule has 0 aliphatic carbocycles. The number of carbonyl (C=O) groups excluding carboxylic acids is 1. The molecule has 2 aromatic rings. The number of ether oxygens (including phenoxy) is 1. The van der Waals surface area contributed by atoms with E-state index in [1.54, 1.807) is 7.11 Å². The molecule has 0 bridgehead atoms. The summed E-state index contributed by atoms with van der Waals surface area (Å²) >= 11 is 0. The van der Waals surface area contributed by atoms with Gasteiger partial charge in [0.05, 0.1) is 12.8 Å². The monoisotopic (exact) mass is 256 g/mol. The molecule has 0 aromatic heterocycles. The molecule has 98 valence electrons. The van der Waals surface area contributed by atoms with Crippen molar-refractivity contribution in [3.05, 3.63) is 54.1 Å². The van der Waals surface area contributed by atoms with Crippen LogP contribution in [-0.4, -0.2) is 13.1 Å². The third-order valence-corrected chi connectivity index (χ3v) is 2.63. The summed E-state index contributed by atoms with van der Waals surface area (Å²) in [5.41, 5.74) is 2.44. The lowest BCUT2D eigenvalue weighted by atomic mass is 10.2. The Balaban J connectivity index is 2.09. The van der Waals surface area contributed by atoms with Crippen LogP contribution in [0.2, 0.25) is 0 Å². The van der Waals surface area contributed by atoms with E-state index in [0.717, 1.165) is 11.3 Å². The van der Waals surface area contributed by atoms with Gasteiger partial charge in [-0.25, -0.2) is 4.79 Å². The van der Waals surface area contributed by atoms with Crippen molar-refractivity contribution >= 4 is 17.4 Å². The second-order valence-corrected chi connectivity index (χ2v) is 4.15. The van der Waals surface area contributed by atoms with Crippen LogP contribution in [0.15, 0.2) is 48.5 Å². The molecular weight excluding hydrogens is 240 g/mol. The van der Waals surface area contributed by atoms with Crippen molar-refractivity contribution in [1.29, 1.82) is 0 Å². The summed E-state index contributed by atoms with van der Waals surface area (Å²) in [4.78, 5) is 11.9. The van der Waals surface area contributed by atoms with Crippen LogP contribution in [0.1, 0.15) is 5.56 Å². The normalized spacial score (nSPS) is 9.79. The summed E-state index contributed by atoms with van der Waals surface area (Å²) in [5, 5.41) is 5.53. The van der Waals surface area contributed by atoms with E-state index in [2.05, 4.69) is 10.6 Å². The number of carbonyl (C=O) groups is 1. The first-order valence-electron chi connectivity index (χ1n) is 5.97. The van der Waals surface area contributed by atoms with E-state index in [-0.39, 0.29) is 6.03 Å². The van der Waals surface area contributed by atoms with Crippen molar-refractivity contribution in [2.45, 2.75) is 6.92 Å². The van der Waals surface area contributed by atoms with E-state index in [1.165, 1.54) is 0 Å². The van der Waals surface area contributed by atoms with Crippen LogP contribution in [0.3, 0.4) is 0 Å². The minimum absolute atomic E-state index is 0.296. The average Bonchev–Trinajstić information content (AvgIpc) is 2.40. The molecular formula is C15H16N2O2. The molecule has 0 saturated heterocycles. The van der Waals surface area contributed by atoms with Gasteiger partial charge in [-0.05, 0) is 36.8 Å². The number of benzene rings is 2. The highest BCUT2D eigenvalue weighted by Gasteiger charge is 2.07. The smallest absolute Gasteiger partial charge is 0.323 e. The number of amides is 2. The maximum absolute atomic E-state index is 11.9. The lowest BCUT2D eigenvalue weighted by Crippen LogP contribution is -2.19. The first-order valence-corrected chi connectivity index (χ1v) is 5.97. The standard InChI is InChI=1S/C15H16N2O2/c1-11-8-9-14(19-2)13(10-11)17-15(18)16-12-6-4-3-5-7-12/h3-10H,1-2H3,(H2,16,17,18). The SMILES string of the molecule is COc1ccc(C)cc1NC(=O)Nc1ccccc1. The number of para-hydroxylation sites is 1. The predicted molar refractivity (Wildman–Crippen MR) is 76.8 cm³/mol. The summed E-state index contributed by atoms with van der Waals surface area (Å²) in [6.07, 6.45) is 0. The molecule has 19 heavy (non-hydrogen) atoms. The molecule has 4 heteroatoms. The van der Waals surface area contributed by atoms with Crippen LogP contribution < -0.4 is 15.4 Å². The molecule has 0 radical (unpaired) electrons. The van der Waals surface area contributed by atoms with Gasteiger partial charge in [-0.2, -0.15) is 0 Å². The Hall–Kier alpha value is -2.49. The molecule has 0 aliphatic rings. The van der Waals surface area contributed by atoms with E-state index in [1.807, 2.05) is 55.5 Å². The third kappa shape index (κ3) is 3.48. The van der Waals surface area contributed by atoms with Gasteiger partial charge in [0.15, 0.2) is 0 Å². The number of hydrogen-bond donors (Lipinski definition) is 2. The summed E-state index contributed by atoms with van der Waals surface area (Å²) in [6, 6.07) is 14.6. The van der Waals surface area contributed by atoms with E-state index in [9.17, 15) is 4.79 Å². The highest BCUT2D eigenvalue weighted by Crippen LogP contribution is 2.25. The molecule has 0 spiro atoms. The molecule has 2 aromatic carbocycles. The molecule has 0 heterocycles. The van der Waals surface area contributed by atoms with Gasteiger partial charge in [-0.15, -0.1) is 0 Å². The number of rotatable bonds is 3. The van der Waals surface area contributed by atoms with Crippen LogP contribution in [-0.2, 0) is 0 Å². The van der Waals surface area contributed by atoms with Gasteiger partial charge in [-0.1, -0.05) is 24.3 Å². The topological polar surface area (TPSA) is 50.4 Å². The highest BCUT2D eigenvalue weighted by molar-refractivity contribution is 6.00. The summed E-state index contributed by atoms with van der Waals surface area (Å²) in [5.74, 6) is 0.633. The molecule has 0 unspecified atom stereocenters. The van der Waals surface area contributed by atoms with Gasteiger partial charge >= 0.3 is 6.03 Å². The predicted octanol–water partition coefficient (Wildman–Crippen LogP) is 3.65. The number of nitrogens with one attached hydrogen (secondary N) is 2. The zero-order valence-corrected chi connectivity index (χ0v) is 10.9. The van der Waals surface area contributed by atoms with Gasteiger partial charge in [0.25, 0.3) is 0 Å². The number of methoxy groups -OCH3 is 1. The first-order chi connectivity index (χ1) is 9.19. The number of hydrogen-bond acceptors (Lipinski definition) is 2. The second-order valence-electron chi connectivity index (χ2n) is 4.15. The van der Waals surface area contributed by atoms with E-state index < -0.39 is 0 Å². The van der Waals surface area contributed by atoms with Crippen molar-refractivity contribution in [3.63, 3.8) is 0 Å². The minimum atomic E-state index is -0.296. The minimum Gasteiger partial charge on any atom is -0.495 e. The number of aryl methyl sites for hydroxylation is 1. The second kappa shape index (κ2) is 5.91. The zero-order chi connectivity index (χ0) is 13.7. The summed E-state index contributed by atoms with van der Waals surface area (Å²) < 4.78 is 5.21. The molecule has 0 saturated carbocycles. The van der Waals surface area contributed by atoms with Crippen molar-refractivity contribution in [2.24, 2.45) is 0 Å². The van der Waals surface area contributed by atoms with Gasteiger partial charge in [0, 0.05) is 5.69 Å². The lowest BCUT2D eigenvalue weighted by Gasteiger charge is -2.11. The van der Waals surface area contributed by atoms with Crippen molar-refractivity contribution < 1.29 is 9.53 Å². The Kier molecular flexibility index (Phi) is 4.03. The van der Waals surface area contributed by atoms with Crippen molar-refractivity contribution in [3.8, 4) is 5.75 Å². The first kappa shape index (κ1) is 13.0. The van der Waals surface area contributed by atoms with Crippen LogP contribution in [0.25, 0.3) is 0 Å². The third-order valence-electron chi connectivity index (χ3n) is 2.63. The maximum atomic E-state index is 11.9.